The summed E-state index contributed by atoms with van der Waals surface area (Å²) in [4.78, 5) is 11.6. The fraction of sp³-hybridized carbons (Fsp3) is 0.316. The van der Waals surface area contributed by atoms with E-state index in [9.17, 15) is 9.18 Å². The Balaban J connectivity index is 1.93. The lowest BCUT2D eigenvalue weighted by Crippen LogP contribution is -2.31. The molecule has 25 heavy (non-hydrogen) atoms. The molecule has 0 saturated heterocycles. The number of ether oxygens (including phenoxy) is 2. The summed E-state index contributed by atoms with van der Waals surface area (Å²) in [7, 11) is 0. The second-order valence-electron chi connectivity index (χ2n) is 5.76. The molecule has 0 aliphatic carbocycles. The topological polar surface area (TPSA) is 47.6 Å². The zero-order valence-electron chi connectivity index (χ0n) is 13.9. The number of rotatable bonds is 5. The molecule has 1 heterocycles. The van der Waals surface area contributed by atoms with Crippen LogP contribution in [0.25, 0.3) is 0 Å². The molecule has 0 amide bonds. The Labute approximate surface area is 150 Å². The van der Waals surface area contributed by atoms with E-state index in [1.165, 1.54) is 12.1 Å². The fourth-order valence-electron chi connectivity index (χ4n) is 3.02. The minimum Gasteiger partial charge on any atom is -0.482 e. The van der Waals surface area contributed by atoms with Gasteiger partial charge in [0, 0.05) is 17.1 Å². The zero-order chi connectivity index (χ0) is 17.8. The third-order valence-electron chi connectivity index (χ3n) is 4.10. The van der Waals surface area contributed by atoms with Crippen LogP contribution in [0.3, 0.4) is 0 Å². The lowest BCUT2D eigenvalue weighted by molar-refractivity contribution is -0.145. The number of fused-ring (bicyclic) bond motifs is 1. The number of hydrogen-bond acceptors (Lipinski definition) is 4. The normalized spacial score (nSPS) is 16.2. The molecule has 1 aliphatic heterocycles. The van der Waals surface area contributed by atoms with E-state index >= 15 is 0 Å². The average Bonchev–Trinajstić information content (AvgIpc) is 2.60. The number of halogens is 2. The van der Waals surface area contributed by atoms with Crippen LogP contribution in [0.2, 0.25) is 5.02 Å². The highest BCUT2D eigenvalue weighted by Crippen LogP contribution is 2.36. The molecule has 0 fully saturated rings. The Morgan fingerprint density at radius 3 is 2.92 bits per heavy atom. The molecule has 2 aromatic rings. The number of nitrogens with one attached hydrogen (secondary N) is 1. The van der Waals surface area contributed by atoms with Crippen LogP contribution >= 0.6 is 11.6 Å². The van der Waals surface area contributed by atoms with Gasteiger partial charge in [0.25, 0.3) is 0 Å². The van der Waals surface area contributed by atoms with Gasteiger partial charge in [0.1, 0.15) is 11.6 Å². The predicted molar refractivity (Wildman–Crippen MR) is 93.5 cm³/mol. The first kappa shape index (κ1) is 17.7. The van der Waals surface area contributed by atoms with Crippen molar-refractivity contribution in [1.82, 2.24) is 5.32 Å². The molecule has 1 aliphatic rings. The minimum atomic E-state index is -0.438. The predicted octanol–water partition coefficient (Wildman–Crippen LogP) is 3.66. The van der Waals surface area contributed by atoms with Crippen molar-refractivity contribution >= 4 is 17.6 Å². The molecule has 3 rings (SSSR count). The van der Waals surface area contributed by atoms with Crippen molar-refractivity contribution in [3.05, 3.63) is 63.9 Å². The van der Waals surface area contributed by atoms with Gasteiger partial charge in [0.15, 0.2) is 6.61 Å². The van der Waals surface area contributed by atoms with Crippen molar-refractivity contribution in [1.29, 1.82) is 0 Å². The van der Waals surface area contributed by atoms with Crippen LogP contribution < -0.4 is 10.1 Å². The van der Waals surface area contributed by atoms with Crippen molar-refractivity contribution < 1.29 is 18.7 Å². The zero-order valence-corrected chi connectivity index (χ0v) is 14.6. The van der Waals surface area contributed by atoms with Crippen LogP contribution in [0.15, 0.2) is 36.4 Å². The van der Waals surface area contributed by atoms with Gasteiger partial charge in [0.05, 0.1) is 12.6 Å². The molecule has 1 unspecified atom stereocenters. The molecule has 6 heteroatoms. The standard InChI is InChI=1S/C19H19ClFNO3/c1-2-24-18(23)11-25-17-6-4-13(20)9-16(17)19-15-10-14(21)5-3-12(15)7-8-22-19/h3-6,9-10,19,22H,2,7-8,11H2,1H3. The van der Waals surface area contributed by atoms with Crippen LogP contribution in [0.4, 0.5) is 4.39 Å². The maximum absolute atomic E-state index is 13.8. The van der Waals surface area contributed by atoms with Crippen molar-refractivity contribution in [2.45, 2.75) is 19.4 Å². The smallest absolute Gasteiger partial charge is 0.344 e. The van der Waals surface area contributed by atoms with Crippen LogP contribution in [0, 0.1) is 5.82 Å². The Hall–Kier alpha value is -2.11. The molecular weight excluding hydrogens is 345 g/mol. The highest BCUT2D eigenvalue weighted by atomic mass is 35.5. The van der Waals surface area contributed by atoms with Gasteiger partial charge in [-0.3, -0.25) is 0 Å². The molecule has 0 saturated carbocycles. The number of carbonyl (C=O) groups excluding carboxylic acids is 1. The van der Waals surface area contributed by atoms with Crippen molar-refractivity contribution in [3.63, 3.8) is 0 Å². The second kappa shape index (κ2) is 7.85. The summed E-state index contributed by atoms with van der Waals surface area (Å²) in [6.07, 6.45) is 0.825. The molecule has 4 nitrogen and oxygen atoms in total. The SMILES string of the molecule is CCOC(=O)COc1ccc(Cl)cc1C1NCCc2ccc(F)cc21. The Morgan fingerprint density at radius 1 is 1.28 bits per heavy atom. The van der Waals surface area contributed by atoms with Gasteiger partial charge >= 0.3 is 5.97 Å². The lowest BCUT2D eigenvalue weighted by Gasteiger charge is -2.28. The van der Waals surface area contributed by atoms with Gasteiger partial charge in [-0.1, -0.05) is 17.7 Å². The second-order valence-corrected chi connectivity index (χ2v) is 6.19. The van der Waals surface area contributed by atoms with Crippen LogP contribution in [-0.2, 0) is 16.0 Å². The Kier molecular flexibility index (Phi) is 5.56. The van der Waals surface area contributed by atoms with Crippen molar-refractivity contribution in [2.24, 2.45) is 0 Å². The number of hydrogen-bond donors (Lipinski definition) is 1. The number of benzene rings is 2. The number of esters is 1. The molecule has 1 N–H and O–H groups in total. The Bertz CT molecular complexity index is 781. The van der Waals surface area contributed by atoms with Gasteiger partial charge in [-0.25, -0.2) is 9.18 Å². The monoisotopic (exact) mass is 363 g/mol. The summed E-state index contributed by atoms with van der Waals surface area (Å²) in [6.45, 7) is 2.61. The van der Waals surface area contributed by atoms with E-state index in [-0.39, 0.29) is 18.5 Å². The molecule has 1 atom stereocenters. The van der Waals surface area contributed by atoms with E-state index in [1.54, 1.807) is 25.1 Å². The third-order valence-corrected chi connectivity index (χ3v) is 4.33. The van der Waals surface area contributed by atoms with Crippen molar-refractivity contribution in [2.75, 3.05) is 19.8 Å². The molecule has 2 aromatic carbocycles. The molecular formula is C19H19ClFNO3. The molecule has 0 radical (unpaired) electrons. The summed E-state index contributed by atoms with van der Waals surface area (Å²) in [5.41, 5.74) is 2.71. The molecule has 0 bridgehead atoms. The van der Waals surface area contributed by atoms with E-state index in [0.717, 1.165) is 29.7 Å². The van der Waals surface area contributed by atoms with E-state index in [2.05, 4.69) is 5.32 Å². The van der Waals surface area contributed by atoms with E-state index in [0.29, 0.717) is 17.4 Å². The summed E-state index contributed by atoms with van der Waals surface area (Å²) in [5.74, 6) is -0.206. The van der Waals surface area contributed by atoms with E-state index < -0.39 is 5.97 Å². The molecule has 0 aromatic heterocycles. The van der Waals surface area contributed by atoms with Gasteiger partial charge in [0.2, 0.25) is 0 Å². The van der Waals surface area contributed by atoms with Gasteiger partial charge in [-0.05, 0) is 54.8 Å². The van der Waals surface area contributed by atoms with Gasteiger partial charge in [-0.15, -0.1) is 0 Å². The van der Waals surface area contributed by atoms with E-state index in [4.69, 9.17) is 21.1 Å². The minimum absolute atomic E-state index is 0.189. The summed E-state index contributed by atoms with van der Waals surface area (Å²) in [5, 5.41) is 3.92. The van der Waals surface area contributed by atoms with Gasteiger partial charge in [-0.2, -0.15) is 0 Å². The quantitative estimate of drug-likeness (QED) is 0.824. The van der Waals surface area contributed by atoms with E-state index in [1.807, 2.05) is 6.07 Å². The third kappa shape index (κ3) is 4.11. The largest absolute Gasteiger partial charge is 0.482 e. The molecule has 132 valence electrons. The first-order valence-electron chi connectivity index (χ1n) is 8.18. The van der Waals surface area contributed by atoms with Crippen LogP contribution in [0.1, 0.15) is 29.7 Å². The fourth-order valence-corrected chi connectivity index (χ4v) is 3.20. The highest BCUT2D eigenvalue weighted by Gasteiger charge is 2.25. The van der Waals surface area contributed by atoms with Gasteiger partial charge < -0.3 is 14.8 Å². The van der Waals surface area contributed by atoms with Crippen LogP contribution in [-0.4, -0.2) is 25.7 Å². The first-order chi connectivity index (χ1) is 12.1. The highest BCUT2D eigenvalue weighted by molar-refractivity contribution is 6.30. The summed E-state index contributed by atoms with van der Waals surface area (Å²) >= 11 is 6.16. The first-order valence-corrected chi connectivity index (χ1v) is 8.56. The Morgan fingerprint density at radius 2 is 2.12 bits per heavy atom. The summed E-state index contributed by atoms with van der Waals surface area (Å²) in [6, 6.07) is 9.74. The van der Waals surface area contributed by atoms with Crippen molar-refractivity contribution in [3.8, 4) is 5.75 Å². The average molecular weight is 364 g/mol. The van der Waals surface area contributed by atoms with Crippen LogP contribution in [0.5, 0.6) is 5.75 Å². The summed E-state index contributed by atoms with van der Waals surface area (Å²) < 4.78 is 24.3. The number of carbonyl (C=O) groups is 1. The maximum atomic E-state index is 13.8. The molecule has 0 spiro atoms. The lowest BCUT2D eigenvalue weighted by atomic mass is 9.89. The maximum Gasteiger partial charge on any atom is 0.344 e.